The summed E-state index contributed by atoms with van der Waals surface area (Å²) in [5.41, 5.74) is -0.482. The summed E-state index contributed by atoms with van der Waals surface area (Å²) >= 11 is 0. The van der Waals surface area contributed by atoms with Crippen LogP contribution < -0.4 is 0 Å². The van der Waals surface area contributed by atoms with E-state index in [1.165, 1.54) is 0 Å². The van der Waals surface area contributed by atoms with E-state index < -0.39 is 5.60 Å². The summed E-state index contributed by atoms with van der Waals surface area (Å²) in [6, 6.07) is 2.14. The van der Waals surface area contributed by atoms with E-state index in [1.807, 2.05) is 41.5 Å². The zero-order valence-corrected chi connectivity index (χ0v) is 11.8. The predicted octanol–water partition coefficient (Wildman–Crippen LogP) is 3.18. The summed E-state index contributed by atoms with van der Waals surface area (Å²) in [5, 5.41) is 8.59. The third kappa shape index (κ3) is 5.08. The van der Waals surface area contributed by atoms with Crippen LogP contribution in [-0.2, 0) is 4.74 Å². The molecule has 0 atom stereocenters. The molecule has 4 nitrogen and oxygen atoms in total. The van der Waals surface area contributed by atoms with Crippen molar-refractivity contribution in [2.45, 2.75) is 53.6 Å². The van der Waals surface area contributed by atoms with Gasteiger partial charge in [-0.1, -0.05) is 20.8 Å². The molecule has 1 saturated heterocycles. The second kappa shape index (κ2) is 5.90. The molecule has 0 aromatic carbocycles. The molecule has 4 heteroatoms. The van der Waals surface area contributed by atoms with Gasteiger partial charge >= 0.3 is 6.09 Å². The SMILES string of the molecule is CC.CC1(CC#N)CN(C(=O)OC(C)(C)C)C1. The smallest absolute Gasteiger partial charge is 0.410 e. The van der Waals surface area contributed by atoms with Crippen molar-refractivity contribution in [3.05, 3.63) is 0 Å². The number of amides is 1. The number of nitrogens with zero attached hydrogens (tertiary/aromatic N) is 2. The second-order valence-electron chi connectivity index (χ2n) is 5.48. The van der Waals surface area contributed by atoms with E-state index in [4.69, 9.17) is 10.00 Å². The molecule has 1 fully saturated rings. The van der Waals surface area contributed by atoms with Crippen molar-refractivity contribution in [2.75, 3.05) is 13.1 Å². The first-order valence-corrected chi connectivity index (χ1v) is 6.11. The standard InChI is InChI=1S/C11H18N2O2.C2H6/c1-10(2,3)15-9(14)13-7-11(4,8-13)5-6-12;1-2/h5,7-8H2,1-4H3;1-2H3. The fourth-order valence-corrected chi connectivity index (χ4v) is 1.63. The Kier molecular flexibility index (Phi) is 5.47. The minimum Gasteiger partial charge on any atom is -0.444 e. The van der Waals surface area contributed by atoms with Crippen LogP contribution in [0.2, 0.25) is 0 Å². The van der Waals surface area contributed by atoms with Gasteiger partial charge in [0.25, 0.3) is 0 Å². The molecule has 0 aromatic heterocycles. The molecule has 0 aliphatic carbocycles. The van der Waals surface area contributed by atoms with Crippen molar-refractivity contribution >= 4 is 6.09 Å². The maximum absolute atomic E-state index is 11.6. The Labute approximate surface area is 105 Å². The third-order valence-electron chi connectivity index (χ3n) is 2.30. The molecule has 1 aliphatic rings. The summed E-state index contributed by atoms with van der Waals surface area (Å²) in [6.45, 7) is 12.8. The fourth-order valence-electron chi connectivity index (χ4n) is 1.63. The highest BCUT2D eigenvalue weighted by Crippen LogP contribution is 2.33. The van der Waals surface area contributed by atoms with Gasteiger partial charge in [-0.15, -0.1) is 0 Å². The van der Waals surface area contributed by atoms with Crippen molar-refractivity contribution in [3.63, 3.8) is 0 Å². The molecular formula is C13H24N2O2. The van der Waals surface area contributed by atoms with Crippen LogP contribution in [0.3, 0.4) is 0 Å². The zero-order valence-electron chi connectivity index (χ0n) is 11.8. The van der Waals surface area contributed by atoms with E-state index in [1.54, 1.807) is 4.90 Å². The van der Waals surface area contributed by atoms with E-state index >= 15 is 0 Å². The number of hydrogen-bond donors (Lipinski definition) is 0. The van der Waals surface area contributed by atoms with Crippen molar-refractivity contribution in [3.8, 4) is 6.07 Å². The van der Waals surface area contributed by atoms with Gasteiger partial charge in [-0.2, -0.15) is 5.26 Å². The summed E-state index contributed by atoms with van der Waals surface area (Å²) in [5.74, 6) is 0. The van der Waals surface area contributed by atoms with E-state index in [2.05, 4.69) is 6.07 Å². The predicted molar refractivity (Wildman–Crippen MR) is 67.5 cm³/mol. The molecule has 98 valence electrons. The summed E-state index contributed by atoms with van der Waals surface area (Å²) in [6.07, 6.45) is 0.213. The lowest BCUT2D eigenvalue weighted by atomic mass is 9.80. The largest absolute Gasteiger partial charge is 0.444 e. The monoisotopic (exact) mass is 240 g/mol. The first-order chi connectivity index (χ1) is 7.76. The van der Waals surface area contributed by atoms with Gasteiger partial charge in [-0.25, -0.2) is 4.79 Å². The van der Waals surface area contributed by atoms with Crippen molar-refractivity contribution in [1.82, 2.24) is 4.90 Å². The Balaban J connectivity index is 0.00000121. The van der Waals surface area contributed by atoms with E-state index in [9.17, 15) is 4.79 Å². The summed E-state index contributed by atoms with van der Waals surface area (Å²) in [7, 11) is 0. The highest BCUT2D eigenvalue weighted by molar-refractivity contribution is 5.69. The Morgan fingerprint density at radius 1 is 1.41 bits per heavy atom. The lowest BCUT2D eigenvalue weighted by Gasteiger charge is -2.46. The molecule has 1 rings (SSSR count). The molecule has 0 bridgehead atoms. The maximum atomic E-state index is 11.6. The number of nitriles is 1. The lowest BCUT2D eigenvalue weighted by Crippen LogP contribution is -2.57. The molecule has 17 heavy (non-hydrogen) atoms. The molecule has 0 radical (unpaired) electrons. The average molecular weight is 240 g/mol. The summed E-state index contributed by atoms with van der Waals surface area (Å²) in [4.78, 5) is 13.2. The second-order valence-corrected chi connectivity index (χ2v) is 5.48. The van der Waals surface area contributed by atoms with E-state index in [0.717, 1.165) is 0 Å². The van der Waals surface area contributed by atoms with Crippen LogP contribution in [0.1, 0.15) is 48.0 Å². The number of ether oxygens (including phenoxy) is 1. The number of carbonyl (C=O) groups is 1. The summed E-state index contributed by atoms with van der Waals surface area (Å²) < 4.78 is 5.22. The highest BCUT2D eigenvalue weighted by atomic mass is 16.6. The van der Waals surface area contributed by atoms with Crippen LogP contribution in [0.15, 0.2) is 0 Å². The van der Waals surface area contributed by atoms with Crippen LogP contribution in [0.5, 0.6) is 0 Å². The molecule has 0 N–H and O–H groups in total. The van der Waals surface area contributed by atoms with Crippen LogP contribution in [0, 0.1) is 16.7 Å². The number of rotatable bonds is 1. The van der Waals surface area contributed by atoms with E-state index in [-0.39, 0.29) is 11.5 Å². The number of likely N-dealkylation sites (tertiary alicyclic amines) is 1. The quantitative estimate of drug-likeness (QED) is 0.707. The Morgan fingerprint density at radius 3 is 2.24 bits per heavy atom. The topological polar surface area (TPSA) is 53.3 Å². The fraction of sp³-hybridized carbons (Fsp3) is 0.846. The normalized spacial score (nSPS) is 17.1. The first kappa shape index (κ1) is 15.8. The van der Waals surface area contributed by atoms with Gasteiger partial charge in [-0.05, 0) is 20.8 Å². The van der Waals surface area contributed by atoms with Gasteiger partial charge in [0.2, 0.25) is 0 Å². The molecule has 1 amide bonds. The minimum absolute atomic E-state index is 0.0361. The molecule has 0 saturated carbocycles. The van der Waals surface area contributed by atoms with Crippen LogP contribution in [0.25, 0.3) is 0 Å². The van der Waals surface area contributed by atoms with Crippen LogP contribution >= 0.6 is 0 Å². The van der Waals surface area contributed by atoms with Gasteiger partial charge in [0.1, 0.15) is 5.60 Å². The van der Waals surface area contributed by atoms with Crippen molar-refractivity contribution < 1.29 is 9.53 Å². The molecule has 1 aliphatic heterocycles. The third-order valence-corrected chi connectivity index (χ3v) is 2.30. The Bertz CT molecular complexity index is 294. The van der Waals surface area contributed by atoms with Gasteiger partial charge < -0.3 is 9.64 Å². The van der Waals surface area contributed by atoms with Gasteiger partial charge in [0.05, 0.1) is 6.07 Å². The number of hydrogen-bond acceptors (Lipinski definition) is 3. The minimum atomic E-state index is -0.446. The van der Waals surface area contributed by atoms with Gasteiger partial charge in [-0.3, -0.25) is 0 Å². The highest BCUT2D eigenvalue weighted by Gasteiger charge is 2.42. The van der Waals surface area contributed by atoms with Gasteiger partial charge in [0, 0.05) is 24.9 Å². The van der Waals surface area contributed by atoms with E-state index in [0.29, 0.717) is 19.5 Å². The average Bonchev–Trinajstić information content (AvgIpc) is 2.15. The van der Waals surface area contributed by atoms with Crippen LogP contribution in [-0.4, -0.2) is 29.7 Å². The molecule has 0 unspecified atom stereocenters. The van der Waals surface area contributed by atoms with Crippen molar-refractivity contribution in [2.24, 2.45) is 5.41 Å². The Hall–Kier alpha value is -1.24. The zero-order chi connectivity index (χ0) is 13.7. The molecule has 0 spiro atoms. The maximum Gasteiger partial charge on any atom is 0.410 e. The lowest BCUT2D eigenvalue weighted by molar-refractivity contribution is -0.0262. The first-order valence-electron chi connectivity index (χ1n) is 6.11. The Morgan fingerprint density at radius 2 is 1.88 bits per heavy atom. The molecule has 1 heterocycles. The van der Waals surface area contributed by atoms with Crippen molar-refractivity contribution in [1.29, 1.82) is 5.26 Å². The molecular weight excluding hydrogens is 216 g/mol. The number of carbonyl (C=O) groups excluding carboxylic acids is 1. The van der Waals surface area contributed by atoms with Gasteiger partial charge in [0.15, 0.2) is 0 Å². The van der Waals surface area contributed by atoms with Crippen LogP contribution in [0.4, 0.5) is 4.79 Å². The molecule has 0 aromatic rings.